The fourth-order valence-electron chi connectivity index (χ4n) is 1.76. The standard InChI is InChI=1S/C8H14O/c1-7-2-5-9-8(6-7)3-4-8/h7H,2-6H2,1H3. The summed E-state index contributed by atoms with van der Waals surface area (Å²) in [6.45, 7) is 3.35. The molecule has 1 aliphatic carbocycles. The predicted molar refractivity (Wildman–Crippen MR) is 36.3 cm³/mol. The van der Waals surface area contributed by atoms with Crippen LogP contribution in [-0.2, 0) is 4.74 Å². The molecular weight excluding hydrogens is 112 g/mol. The van der Waals surface area contributed by atoms with Crippen molar-refractivity contribution in [3.63, 3.8) is 0 Å². The van der Waals surface area contributed by atoms with Crippen LogP contribution in [0.3, 0.4) is 0 Å². The lowest BCUT2D eigenvalue weighted by Crippen LogP contribution is -2.25. The summed E-state index contributed by atoms with van der Waals surface area (Å²) >= 11 is 0. The van der Waals surface area contributed by atoms with Gasteiger partial charge in [0.1, 0.15) is 0 Å². The normalized spacial score (nSPS) is 39.0. The molecule has 0 amide bonds. The SMILES string of the molecule is CC1CCOC2(CC2)C1. The summed E-state index contributed by atoms with van der Waals surface area (Å²) < 4.78 is 5.65. The molecule has 1 nitrogen and oxygen atoms in total. The van der Waals surface area contributed by atoms with Crippen molar-refractivity contribution in [2.24, 2.45) is 5.92 Å². The number of hydrogen-bond acceptors (Lipinski definition) is 1. The van der Waals surface area contributed by atoms with Crippen molar-refractivity contribution in [2.75, 3.05) is 6.61 Å². The average Bonchev–Trinajstić information content (AvgIpc) is 2.49. The van der Waals surface area contributed by atoms with Crippen molar-refractivity contribution in [1.82, 2.24) is 0 Å². The van der Waals surface area contributed by atoms with Crippen molar-refractivity contribution in [3.05, 3.63) is 0 Å². The van der Waals surface area contributed by atoms with E-state index in [1.165, 1.54) is 25.7 Å². The molecule has 0 aromatic carbocycles. The van der Waals surface area contributed by atoms with Gasteiger partial charge in [0.05, 0.1) is 5.60 Å². The van der Waals surface area contributed by atoms with Gasteiger partial charge < -0.3 is 4.74 Å². The van der Waals surface area contributed by atoms with E-state index in [4.69, 9.17) is 4.74 Å². The molecule has 1 saturated heterocycles. The first-order chi connectivity index (χ1) is 4.31. The van der Waals surface area contributed by atoms with Gasteiger partial charge in [0.2, 0.25) is 0 Å². The van der Waals surface area contributed by atoms with Gasteiger partial charge in [0.25, 0.3) is 0 Å². The van der Waals surface area contributed by atoms with Crippen LogP contribution in [0.1, 0.15) is 32.6 Å². The summed E-state index contributed by atoms with van der Waals surface area (Å²) in [5, 5.41) is 0. The maximum atomic E-state index is 5.65. The second-order valence-electron chi connectivity index (χ2n) is 3.63. The molecule has 1 spiro atoms. The fourth-order valence-corrected chi connectivity index (χ4v) is 1.76. The van der Waals surface area contributed by atoms with Gasteiger partial charge in [-0.25, -0.2) is 0 Å². The second kappa shape index (κ2) is 1.72. The first-order valence-corrected chi connectivity index (χ1v) is 3.95. The van der Waals surface area contributed by atoms with Crippen molar-refractivity contribution in [1.29, 1.82) is 0 Å². The molecule has 0 radical (unpaired) electrons. The third-order valence-electron chi connectivity index (χ3n) is 2.55. The monoisotopic (exact) mass is 126 g/mol. The number of ether oxygens (including phenoxy) is 1. The second-order valence-corrected chi connectivity index (χ2v) is 3.63. The Morgan fingerprint density at radius 3 is 2.67 bits per heavy atom. The smallest absolute Gasteiger partial charge is 0.0687 e. The van der Waals surface area contributed by atoms with E-state index in [1.54, 1.807) is 0 Å². The van der Waals surface area contributed by atoms with E-state index in [0.29, 0.717) is 5.60 Å². The lowest BCUT2D eigenvalue weighted by molar-refractivity contribution is -0.0243. The Labute approximate surface area is 56.4 Å². The molecule has 0 aromatic rings. The van der Waals surface area contributed by atoms with Crippen LogP contribution in [0.5, 0.6) is 0 Å². The molecule has 1 heteroatoms. The Morgan fingerprint density at radius 2 is 2.22 bits per heavy atom. The van der Waals surface area contributed by atoms with Crippen LogP contribution in [0.25, 0.3) is 0 Å². The van der Waals surface area contributed by atoms with Gasteiger partial charge in [0.15, 0.2) is 0 Å². The third-order valence-corrected chi connectivity index (χ3v) is 2.55. The maximum Gasteiger partial charge on any atom is 0.0687 e. The Bertz CT molecular complexity index is 116. The summed E-state index contributed by atoms with van der Waals surface area (Å²) in [5.74, 6) is 0.918. The minimum absolute atomic E-state index is 0.400. The molecule has 52 valence electrons. The lowest BCUT2D eigenvalue weighted by atomic mass is 9.96. The molecule has 0 N–H and O–H groups in total. The van der Waals surface area contributed by atoms with Crippen LogP contribution in [0.4, 0.5) is 0 Å². The predicted octanol–water partition coefficient (Wildman–Crippen LogP) is 1.97. The molecule has 1 heterocycles. The zero-order valence-electron chi connectivity index (χ0n) is 6.02. The molecule has 2 aliphatic rings. The van der Waals surface area contributed by atoms with Crippen molar-refractivity contribution in [3.8, 4) is 0 Å². The molecular formula is C8H14O. The van der Waals surface area contributed by atoms with Gasteiger partial charge in [-0.15, -0.1) is 0 Å². The highest BCUT2D eigenvalue weighted by atomic mass is 16.5. The number of hydrogen-bond donors (Lipinski definition) is 0. The summed E-state index contributed by atoms with van der Waals surface area (Å²) in [6.07, 6.45) is 5.27. The van der Waals surface area contributed by atoms with Crippen molar-refractivity contribution >= 4 is 0 Å². The van der Waals surface area contributed by atoms with Gasteiger partial charge in [-0.3, -0.25) is 0 Å². The van der Waals surface area contributed by atoms with Gasteiger partial charge in [-0.1, -0.05) is 6.92 Å². The van der Waals surface area contributed by atoms with Crippen LogP contribution < -0.4 is 0 Å². The van der Waals surface area contributed by atoms with E-state index in [1.807, 2.05) is 0 Å². The first-order valence-electron chi connectivity index (χ1n) is 3.95. The Kier molecular flexibility index (Phi) is 1.10. The number of rotatable bonds is 0. The molecule has 1 saturated carbocycles. The largest absolute Gasteiger partial charge is 0.375 e. The molecule has 1 unspecified atom stereocenters. The van der Waals surface area contributed by atoms with E-state index in [9.17, 15) is 0 Å². The van der Waals surface area contributed by atoms with E-state index < -0.39 is 0 Å². The summed E-state index contributed by atoms with van der Waals surface area (Å²) in [4.78, 5) is 0. The quantitative estimate of drug-likeness (QED) is 0.482. The Hall–Kier alpha value is -0.0400. The lowest BCUT2D eigenvalue weighted by Gasteiger charge is -2.26. The van der Waals surface area contributed by atoms with Crippen LogP contribution in [0.15, 0.2) is 0 Å². The van der Waals surface area contributed by atoms with Crippen LogP contribution in [0.2, 0.25) is 0 Å². The minimum atomic E-state index is 0.400. The molecule has 0 bridgehead atoms. The zero-order chi connectivity index (χ0) is 6.32. The average molecular weight is 126 g/mol. The first kappa shape index (κ1) is 5.72. The third kappa shape index (κ3) is 0.983. The Balaban J connectivity index is 1.96. The highest BCUT2D eigenvalue weighted by Gasteiger charge is 2.46. The van der Waals surface area contributed by atoms with Gasteiger partial charge in [0, 0.05) is 6.61 Å². The molecule has 0 aromatic heterocycles. The minimum Gasteiger partial charge on any atom is -0.375 e. The molecule has 9 heavy (non-hydrogen) atoms. The highest BCUT2D eigenvalue weighted by Crippen LogP contribution is 2.47. The van der Waals surface area contributed by atoms with E-state index in [0.717, 1.165) is 12.5 Å². The van der Waals surface area contributed by atoms with E-state index >= 15 is 0 Å². The van der Waals surface area contributed by atoms with Gasteiger partial charge in [-0.2, -0.15) is 0 Å². The summed E-state index contributed by atoms with van der Waals surface area (Å²) in [7, 11) is 0. The maximum absolute atomic E-state index is 5.65. The van der Waals surface area contributed by atoms with Crippen molar-refractivity contribution < 1.29 is 4.74 Å². The van der Waals surface area contributed by atoms with Crippen LogP contribution >= 0.6 is 0 Å². The Morgan fingerprint density at radius 1 is 1.44 bits per heavy atom. The zero-order valence-corrected chi connectivity index (χ0v) is 6.02. The molecule has 1 aliphatic heterocycles. The van der Waals surface area contributed by atoms with Gasteiger partial charge in [-0.05, 0) is 31.6 Å². The summed E-state index contributed by atoms with van der Waals surface area (Å²) in [6, 6.07) is 0. The highest BCUT2D eigenvalue weighted by molar-refractivity contribution is 4.98. The summed E-state index contributed by atoms with van der Waals surface area (Å²) in [5.41, 5.74) is 0.400. The topological polar surface area (TPSA) is 9.23 Å². The van der Waals surface area contributed by atoms with Crippen molar-refractivity contribution in [2.45, 2.75) is 38.2 Å². The van der Waals surface area contributed by atoms with Gasteiger partial charge >= 0.3 is 0 Å². The molecule has 1 atom stereocenters. The van der Waals surface area contributed by atoms with E-state index in [-0.39, 0.29) is 0 Å². The van der Waals surface area contributed by atoms with E-state index in [2.05, 4.69) is 6.92 Å². The van der Waals surface area contributed by atoms with Crippen LogP contribution in [0, 0.1) is 5.92 Å². The van der Waals surface area contributed by atoms with Crippen LogP contribution in [-0.4, -0.2) is 12.2 Å². The fraction of sp³-hybridized carbons (Fsp3) is 1.00. The molecule has 2 rings (SSSR count). The molecule has 2 fully saturated rings.